The Morgan fingerprint density at radius 2 is 1.53 bits per heavy atom. The lowest BCUT2D eigenvalue weighted by Crippen LogP contribution is -2.32. The molecule has 8 heteroatoms. The molecule has 0 atom stereocenters. The van der Waals surface area contributed by atoms with E-state index < -0.39 is 23.6 Å². The molecule has 0 saturated carbocycles. The fourth-order valence-electron chi connectivity index (χ4n) is 3.52. The third-order valence-electron chi connectivity index (χ3n) is 5.58. The third kappa shape index (κ3) is 4.59. The summed E-state index contributed by atoms with van der Waals surface area (Å²) in [4.78, 5) is 28.5. The van der Waals surface area contributed by atoms with Gasteiger partial charge in [0.2, 0.25) is 0 Å². The van der Waals surface area contributed by atoms with Crippen LogP contribution in [-0.4, -0.2) is 11.8 Å². The van der Waals surface area contributed by atoms with Gasteiger partial charge in [0.05, 0.1) is 11.3 Å². The predicted molar refractivity (Wildman–Crippen MR) is 128 cm³/mol. The van der Waals surface area contributed by atoms with Gasteiger partial charge in [-0.25, -0.2) is 4.90 Å². The molecular weight excluding hydrogens is 461 g/mol. The number of anilines is 2. The van der Waals surface area contributed by atoms with E-state index in [9.17, 15) is 22.8 Å². The van der Waals surface area contributed by atoms with Crippen molar-refractivity contribution in [3.05, 3.63) is 99.6 Å². The van der Waals surface area contributed by atoms with E-state index in [1.165, 1.54) is 12.1 Å². The van der Waals surface area contributed by atoms with Crippen LogP contribution < -0.4 is 10.2 Å². The van der Waals surface area contributed by atoms with Crippen LogP contribution in [0.5, 0.6) is 0 Å². The molecule has 2 amide bonds. The van der Waals surface area contributed by atoms with Crippen LogP contribution in [0.25, 0.3) is 0 Å². The second-order valence-corrected chi connectivity index (χ2v) is 9.07. The number of aryl methyl sites for hydroxylation is 2. The topological polar surface area (TPSA) is 49.4 Å². The van der Waals surface area contributed by atoms with Crippen molar-refractivity contribution < 1.29 is 22.8 Å². The fourth-order valence-corrected chi connectivity index (χ4v) is 4.44. The predicted octanol–water partition coefficient (Wildman–Crippen LogP) is 6.62. The highest BCUT2D eigenvalue weighted by Gasteiger charge is 2.41. The van der Waals surface area contributed by atoms with Crippen molar-refractivity contribution in [1.29, 1.82) is 0 Å². The monoisotopic (exact) mass is 482 g/mol. The van der Waals surface area contributed by atoms with Crippen LogP contribution in [0.1, 0.15) is 22.3 Å². The number of imide groups is 1. The van der Waals surface area contributed by atoms with E-state index in [1.54, 1.807) is 6.07 Å². The molecule has 0 fully saturated rings. The smallest absolute Gasteiger partial charge is 0.350 e. The highest BCUT2D eigenvalue weighted by Crippen LogP contribution is 2.39. The molecule has 0 unspecified atom stereocenters. The highest BCUT2D eigenvalue weighted by atomic mass is 32.2. The largest absolute Gasteiger partial charge is 0.416 e. The Morgan fingerprint density at radius 3 is 2.21 bits per heavy atom. The molecule has 3 aromatic rings. The normalized spacial score (nSPS) is 14.2. The second kappa shape index (κ2) is 9.02. The Morgan fingerprint density at radius 1 is 0.853 bits per heavy atom. The van der Waals surface area contributed by atoms with Crippen molar-refractivity contribution in [2.75, 3.05) is 10.2 Å². The highest BCUT2D eigenvalue weighted by molar-refractivity contribution is 8.04. The molecule has 0 saturated heterocycles. The number of carbonyl (C=O) groups excluding carboxylic acids is 2. The number of hydrogen-bond donors (Lipinski definition) is 1. The Kier molecular flexibility index (Phi) is 6.27. The van der Waals surface area contributed by atoms with Crippen LogP contribution in [0.15, 0.2) is 82.2 Å². The second-order valence-electron chi connectivity index (χ2n) is 7.99. The van der Waals surface area contributed by atoms with Gasteiger partial charge in [0.25, 0.3) is 11.8 Å². The number of nitrogens with zero attached hydrogens (tertiary/aromatic N) is 1. The quantitative estimate of drug-likeness (QED) is 0.415. The van der Waals surface area contributed by atoms with Crippen molar-refractivity contribution in [2.24, 2.45) is 0 Å². The standard InChI is InChI=1S/C26H21F3N2O2S/c1-15-10-12-20(13-11-15)34-23-22(30-21-9-4-6-16(2)17(21)3)24(32)31(25(23)33)19-8-5-7-18(14-19)26(27,28)29/h4-14,30H,1-3H3. The zero-order valence-electron chi connectivity index (χ0n) is 18.7. The van der Waals surface area contributed by atoms with E-state index in [1.807, 2.05) is 57.2 Å². The number of amides is 2. The molecular formula is C26H21F3N2O2S. The van der Waals surface area contributed by atoms with Gasteiger partial charge < -0.3 is 5.32 Å². The minimum Gasteiger partial charge on any atom is -0.350 e. The zero-order valence-corrected chi connectivity index (χ0v) is 19.5. The molecule has 34 heavy (non-hydrogen) atoms. The van der Waals surface area contributed by atoms with Gasteiger partial charge in [0.1, 0.15) is 10.6 Å². The molecule has 1 aliphatic heterocycles. The van der Waals surface area contributed by atoms with Crippen LogP contribution in [0.2, 0.25) is 0 Å². The SMILES string of the molecule is Cc1ccc(SC2=C(Nc3cccc(C)c3C)C(=O)N(c3cccc(C(F)(F)F)c3)C2=O)cc1. The fraction of sp³-hybridized carbons (Fsp3) is 0.154. The molecule has 0 aromatic heterocycles. The number of carbonyl (C=O) groups is 2. The van der Waals surface area contributed by atoms with E-state index in [0.29, 0.717) is 5.69 Å². The van der Waals surface area contributed by atoms with Gasteiger partial charge in [0, 0.05) is 10.6 Å². The lowest BCUT2D eigenvalue weighted by Gasteiger charge is -2.17. The summed E-state index contributed by atoms with van der Waals surface area (Å²) in [6, 6.07) is 17.2. The first-order valence-electron chi connectivity index (χ1n) is 10.4. The minimum absolute atomic E-state index is 0.0293. The summed E-state index contributed by atoms with van der Waals surface area (Å²) < 4.78 is 39.8. The first-order chi connectivity index (χ1) is 16.1. The van der Waals surface area contributed by atoms with Gasteiger partial charge in [-0.1, -0.05) is 47.7 Å². The Balaban J connectivity index is 1.78. The van der Waals surface area contributed by atoms with E-state index in [-0.39, 0.29) is 16.3 Å². The van der Waals surface area contributed by atoms with Crippen LogP contribution >= 0.6 is 11.8 Å². The molecule has 4 nitrogen and oxygen atoms in total. The third-order valence-corrected chi connectivity index (χ3v) is 6.67. The molecule has 1 heterocycles. The van der Waals surface area contributed by atoms with Crippen molar-refractivity contribution in [3.8, 4) is 0 Å². The molecule has 1 N–H and O–H groups in total. The van der Waals surface area contributed by atoms with Crippen LogP contribution in [-0.2, 0) is 15.8 Å². The van der Waals surface area contributed by atoms with Crippen LogP contribution in [0.4, 0.5) is 24.5 Å². The molecule has 4 rings (SSSR count). The minimum atomic E-state index is -4.60. The van der Waals surface area contributed by atoms with Gasteiger partial charge in [-0.05, 0) is 68.3 Å². The van der Waals surface area contributed by atoms with Gasteiger partial charge in [0.15, 0.2) is 0 Å². The molecule has 3 aromatic carbocycles. The summed E-state index contributed by atoms with van der Waals surface area (Å²) in [5.74, 6) is -1.39. The summed E-state index contributed by atoms with van der Waals surface area (Å²) >= 11 is 1.10. The summed E-state index contributed by atoms with van der Waals surface area (Å²) in [5, 5.41) is 3.08. The van der Waals surface area contributed by atoms with Crippen molar-refractivity contribution in [1.82, 2.24) is 0 Å². The molecule has 0 radical (unpaired) electrons. The number of alkyl halides is 3. The molecule has 1 aliphatic rings. The molecule has 0 aliphatic carbocycles. The Hall–Kier alpha value is -3.52. The number of hydrogen-bond acceptors (Lipinski definition) is 4. The first-order valence-corrected chi connectivity index (χ1v) is 11.3. The number of halogens is 3. The average Bonchev–Trinajstić information content (AvgIpc) is 3.01. The van der Waals surface area contributed by atoms with Crippen LogP contribution in [0, 0.1) is 20.8 Å². The maximum atomic E-state index is 13.4. The van der Waals surface area contributed by atoms with Gasteiger partial charge in [-0.2, -0.15) is 13.2 Å². The summed E-state index contributed by atoms with van der Waals surface area (Å²) in [6.45, 7) is 5.74. The van der Waals surface area contributed by atoms with E-state index in [0.717, 1.165) is 50.4 Å². The van der Waals surface area contributed by atoms with Gasteiger partial charge >= 0.3 is 6.18 Å². The number of benzene rings is 3. The first kappa shape index (κ1) is 23.6. The van der Waals surface area contributed by atoms with E-state index >= 15 is 0 Å². The lowest BCUT2D eigenvalue weighted by molar-refractivity contribution is -0.137. The lowest BCUT2D eigenvalue weighted by atomic mass is 10.1. The number of thioether (sulfide) groups is 1. The number of nitrogens with one attached hydrogen (secondary N) is 1. The molecule has 0 spiro atoms. The maximum Gasteiger partial charge on any atom is 0.416 e. The molecule has 174 valence electrons. The van der Waals surface area contributed by atoms with E-state index in [4.69, 9.17) is 0 Å². The van der Waals surface area contributed by atoms with E-state index in [2.05, 4.69) is 5.32 Å². The van der Waals surface area contributed by atoms with Crippen molar-refractivity contribution in [2.45, 2.75) is 31.8 Å². The molecule has 0 bridgehead atoms. The summed E-state index contributed by atoms with van der Waals surface area (Å²) in [6.07, 6.45) is -4.60. The average molecular weight is 483 g/mol. The maximum absolute atomic E-state index is 13.4. The summed E-state index contributed by atoms with van der Waals surface area (Å²) in [7, 11) is 0. The Bertz CT molecular complexity index is 1310. The van der Waals surface area contributed by atoms with Crippen molar-refractivity contribution in [3.63, 3.8) is 0 Å². The summed E-state index contributed by atoms with van der Waals surface area (Å²) in [5.41, 5.74) is 2.52. The number of rotatable bonds is 5. The zero-order chi connectivity index (χ0) is 24.6. The van der Waals surface area contributed by atoms with Gasteiger partial charge in [-0.3, -0.25) is 9.59 Å². The van der Waals surface area contributed by atoms with Gasteiger partial charge in [-0.15, -0.1) is 0 Å². The Labute approximate surface area is 199 Å². The van der Waals surface area contributed by atoms with Crippen molar-refractivity contribution >= 4 is 35.0 Å². The van der Waals surface area contributed by atoms with Crippen LogP contribution in [0.3, 0.4) is 0 Å².